The van der Waals surface area contributed by atoms with E-state index in [1.165, 1.54) is 6.33 Å². The monoisotopic (exact) mass is 293 g/mol. The zero-order chi connectivity index (χ0) is 14.4. The molecular weight excluding hydrogens is 277 g/mol. The number of aliphatic hydroxyl groups is 1. The lowest BCUT2D eigenvalue weighted by Crippen LogP contribution is -2.21. The third-order valence-electron chi connectivity index (χ3n) is 3.93. The van der Waals surface area contributed by atoms with Crippen molar-refractivity contribution >= 4 is 17.0 Å². The van der Waals surface area contributed by atoms with E-state index in [9.17, 15) is 4.39 Å². The molecule has 7 nitrogen and oxygen atoms in total. The predicted octanol–water partition coefficient (Wildman–Crippen LogP) is 1.02. The van der Waals surface area contributed by atoms with E-state index in [2.05, 4.69) is 20.3 Å². The zero-order valence-corrected chi connectivity index (χ0v) is 11.3. The summed E-state index contributed by atoms with van der Waals surface area (Å²) < 4.78 is 21.0. The minimum atomic E-state index is -1.18. The maximum Gasteiger partial charge on any atom is 0.167 e. The van der Waals surface area contributed by atoms with E-state index in [1.807, 2.05) is 0 Å². The SMILES string of the molecule is OC[C@H]1O[C@@H](n2cnc3c(NC4CC4)ncnc32)C[C@@H]1F. The van der Waals surface area contributed by atoms with Crippen LogP contribution in [0.25, 0.3) is 11.2 Å². The Kier molecular flexibility index (Phi) is 3.00. The van der Waals surface area contributed by atoms with Crippen molar-refractivity contribution in [2.45, 2.75) is 43.8 Å². The smallest absolute Gasteiger partial charge is 0.167 e. The van der Waals surface area contributed by atoms with E-state index in [-0.39, 0.29) is 13.0 Å². The second-order valence-electron chi connectivity index (χ2n) is 5.53. The van der Waals surface area contributed by atoms with Crippen molar-refractivity contribution in [2.24, 2.45) is 0 Å². The molecule has 3 heterocycles. The van der Waals surface area contributed by atoms with Crippen LogP contribution >= 0.6 is 0 Å². The van der Waals surface area contributed by atoms with Gasteiger partial charge in [-0.2, -0.15) is 0 Å². The summed E-state index contributed by atoms with van der Waals surface area (Å²) in [5.74, 6) is 0.703. The number of halogens is 1. The van der Waals surface area contributed by atoms with Gasteiger partial charge in [-0.3, -0.25) is 4.57 Å². The van der Waals surface area contributed by atoms with Crippen LogP contribution in [0.3, 0.4) is 0 Å². The van der Waals surface area contributed by atoms with Gasteiger partial charge in [0.05, 0.1) is 12.9 Å². The molecule has 1 saturated heterocycles. The van der Waals surface area contributed by atoms with Gasteiger partial charge >= 0.3 is 0 Å². The summed E-state index contributed by atoms with van der Waals surface area (Å²) in [5.41, 5.74) is 1.28. The van der Waals surface area contributed by atoms with E-state index < -0.39 is 18.5 Å². The van der Waals surface area contributed by atoms with E-state index in [0.717, 1.165) is 12.8 Å². The Morgan fingerprint density at radius 3 is 2.95 bits per heavy atom. The first-order valence-corrected chi connectivity index (χ1v) is 7.10. The number of ether oxygens (including phenoxy) is 1. The van der Waals surface area contributed by atoms with E-state index in [0.29, 0.717) is 23.0 Å². The van der Waals surface area contributed by atoms with Crippen molar-refractivity contribution in [1.82, 2.24) is 19.5 Å². The molecule has 1 aliphatic heterocycles. The first-order valence-electron chi connectivity index (χ1n) is 7.10. The lowest BCUT2D eigenvalue weighted by molar-refractivity contribution is -0.0323. The molecule has 8 heteroatoms. The third kappa shape index (κ3) is 2.24. The summed E-state index contributed by atoms with van der Waals surface area (Å²) in [7, 11) is 0. The number of nitrogens with zero attached hydrogens (tertiary/aromatic N) is 4. The summed E-state index contributed by atoms with van der Waals surface area (Å²) in [6, 6.07) is 0.463. The van der Waals surface area contributed by atoms with Crippen molar-refractivity contribution in [3.8, 4) is 0 Å². The van der Waals surface area contributed by atoms with Crippen LogP contribution in [0.15, 0.2) is 12.7 Å². The fourth-order valence-electron chi connectivity index (χ4n) is 2.61. The first-order chi connectivity index (χ1) is 10.3. The quantitative estimate of drug-likeness (QED) is 0.875. The standard InChI is InChI=1S/C13H16FN5O2/c14-8-3-10(21-9(8)4-20)19-6-17-11-12(18-7-1-2-7)15-5-16-13(11)19/h5-10,20H,1-4H2,(H,15,16,18)/t8-,9+,10+/m0/s1. The Morgan fingerprint density at radius 2 is 2.24 bits per heavy atom. The van der Waals surface area contributed by atoms with Crippen LogP contribution in [0.2, 0.25) is 0 Å². The average Bonchev–Trinajstić information content (AvgIpc) is 3.06. The highest BCUT2D eigenvalue weighted by Crippen LogP contribution is 2.33. The molecule has 0 amide bonds. The van der Waals surface area contributed by atoms with Gasteiger partial charge in [0, 0.05) is 12.5 Å². The fourth-order valence-corrected chi connectivity index (χ4v) is 2.61. The lowest BCUT2D eigenvalue weighted by Gasteiger charge is -2.13. The van der Waals surface area contributed by atoms with Gasteiger partial charge in [0.25, 0.3) is 0 Å². The largest absolute Gasteiger partial charge is 0.394 e. The number of nitrogens with one attached hydrogen (secondary N) is 1. The normalized spacial score (nSPS) is 29.1. The summed E-state index contributed by atoms with van der Waals surface area (Å²) in [6.07, 6.45) is 3.07. The molecule has 2 aromatic rings. The Balaban J connectivity index is 1.67. The summed E-state index contributed by atoms with van der Waals surface area (Å²) in [5, 5.41) is 12.4. The molecule has 0 spiro atoms. The first kappa shape index (κ1) is 12.9. The topological polar surface area (TPSA) is 85.1 Å². The second kappa shape index (κ2) is 4.88. The number of rotatable bonds is 4. The Bertz CT molecular complexity index is 659. The molecule has 4 rings (SSSR count). The maximum absolute atomic E-state index is 13.7. The second-order valence-corrected chi connectivity index (χ2v) is 5.53. The van der Waals surface area contributed by atoms with Crippen molar-refractivity contribution in [3.63, 3.8) is 0 Å². The molecule has 0 unspecified atom stereocenters. The summed E-state index contributed by atoms with van der Waals surface area (Å²) in [4.78, 5) is 12.8. The minimum Gasteiger partial charge on any atom is -0.394 e. The van der Waals surface area contributed by atoms with Crippen molar-refractivity contribution < 1.29 is 14.2 Å². The molecule has 0 aromatic carbocycles. The highest BCUT2D eigenvalue weighted by molar-refractivity contribution is 5.82. The van der Waals surface area contributed by atoms with Crippen molar-refractivity contribution in [2.75, 3.05) is 11.9 Å². The van der Waals surface area contributed by atoms with Crippen LogP contribution in [0.5, 0.6) is 0 Å². The molecule has 0 radical (unpaired) electrons. The molecule has 21 heavy (non-hydrogen) atoms. The number of hydrogen-bond acceptors (Lipinski definition) is 6. The molecule has 1 saturated carbocycles. The summed E-state index contributed by atoms with van der Waals surface area (Å²) >= 11 is 0. The van der Waals surface area contributed by atoms with Crippen molar-refractivity contribution in [1.29, 1.82) is 0 Å². The van der Waals surface area contributed by atoms with Gasteiger partial charge in [-0.25, -0.2) is 19.3 Å². The molecule has 2 aliphatic rings. The van der Waals surface area contributed by atoms with Gasteiger partial charge in [-0.1, -0.05) is 0 Å². The Morgan fingerprint density at radius 1 is 1.38 bits per heavy atom. The van der Waals surface area contributed by atoms with Gasteiger partial charge in [-0.15, -0.1) is 0 Å². The highest BCUT2D eigenvalue weighted by atomic mass is 19.1. The minimum absolute atomic E-state index is 0.187. The molecule has 1 aliphatic carbocycles. The molecule has 112 valence electrons. The number of imidazole rings is 1. The summed E-state index contributed by atoms with van der Waals surface area (Å²) in [6.45, 7) is -0.326. The van der Waals surface area contributed by atoms with Crippen LogP contribution in [0.4, 0.5) is 10.2 Å². The molecule has 0 bridgehead atoms. The van der Waals surface area contributed by atoms with Gasteiger partial charge < -0.3 is 15.2 Å². The number of alkyl halides is 1. The Hall–Kier alpha value is -1.80. The lowest BCUT2D eigenvalue weighted by atomic mass is 10.2. The molecular formula is C13H16FN5O2. The number of anilines is 1. The molecule has 2 aromatic heterocycles. The molecule has 2 fully saturated rings. The molecule has 3 atom stereocenters. The van der Waals surface area contributed by atoms with Gasteiger partial charge in [0.15, 0.2) is 17.0 Å². The van der Waals surface area contributed by atoms with Crippen LogP contribution < -0.4 is 5.32 Å². The highest BCUT2D eigenvalue weighted by Gasteiger charge is 2.36. The third-order valence-corrected chi connectivity index (χ3v) is 3.93. The fraction of sp³-hybridized carbons (Fsp3) is 0.615. The maximum atomic E-state index is 13.7. The van der Waals surface area contributed by atoms with Crippen LogP contribution in [0, 0.1) is 0 Å². The van der Waals surface area contributed by atoms with Crippen LogP contribution in [0.1, 0.15) is 25.5 Å². The number of hydrogen-bond donors (Lipinski definition) is 2. The van der Waals surface area contributed by atoms with Gasteiger partial charge in [0.2, 0.25) is 0 Å². The zero-order valence-electron chi connectivity index (χ0n) is 11.3. The van der Waals surface area contributed by atoms with Crippen molar-refractivity contribution in [3.05, 3.63) is 12.7 Å². The van der Waals surface area contributed by atoms with E-state index >= 15 is 0 Å². The Labute approximate surface area is 120 Å². The number of aliphatic hydroxyl groups excluding tert-OH is 1. The van der Waals surface area contributed by atoms with Gasteiger partial charge in [-0.05, 0) is 12.8 Å². The number of aromatic nitrogens is 4. The number of fused-ring (bicyclic) bond motifs is 1. The predicted molar refractivity (Wildman–Crippen MR) is 72.5 cm³/mol. The van der Waals surface area contributed by atoms with E-state index in [4.69, 9.17) is 9.84 Å². The molecule has 2 N–H and O–H groups in total. The van der Waals surface area contributed by atoms with E-state index in [1.54, 1.807) is 10.9 Å². The van der Waals surface area contributed by atoms with Crippen LogP contribution in [-0.2, 0) is 4.74 Å². The average molecular weight is 293 g/mol. The van der Waals surface area contributed by atoms with Crippen LogP contribution in [-0.4, -0.2) is 49.5 Å². The van der Waals surface area contributed by atoms with Gasteiger partial charge in [0.1, 0.15) is 24.8 Å².